The van der Waals surface area contributed by atoms with E-state index >= 15 is 0 Å². The van der Waals surface area contributed by atoms with Gasteiger partial charge in [0.2, 0.25) is 0 Å². The van der Waals surface area contributed by atoms with Crippen LogP contribution in [0.2, 0.25) is 0 Å². The summed E-state index contributed by atoms with van der Waals surface area (Å²) in [5, 5.41) is 20.9. The van der Waals surface area contributed by atoms with Crippen molar-refractivity contribution in [2.24, 2.45) is 5.10 Å². The van der Waals surface area contributed by atoms with Crippen LogP contribution in [0.5, 0.6) is 5.75 Å². The number of hydrogen-bond donors (Lipinski definition) is 1. The summed E-state index contributed by atoms with van der Waals surface area (Å²) in [6.07, 6.45) is 0. The number of hydrazone groups is 1. The van der Waals surface area contributed by atoms with E-state index in [2.05, 4.69) is 15.6 Å². The van der Waals surface area contributed by atoms with Crippen molar-refractivity contribution >= 4 is 34.6 Å². The number of amides is 1. The molecule has 0 fully saturated rings. The third-order valence-corrected chi connectivity index (χ3v) is 5.22. The molecule has 11 heteroatoms. The second kappa shape index (κ2) is 9.30. The Hall–Kier alpha value is -3.86. The molecule has 0 radical (unpaired) electrons. The van der Waals surface area contributed by atoms with Crippen molar-refractivity contribution in [2.75, 3.05) is 0 Å². The number of rotatable bonds is 7. The van der Waals surface area contributed by atoms with Gasteiger partial charge in [-0.15, -0.1) is 11.3 Å². The Kier molecular flexibility index (Phi) is 6.55. The first-order valence-corrected chi connectivity index (χ1v) is 10.0. The van der Waals surface area contributed by atoms with Gasteiger partial charge in [0.1, 0.15) is 28.6 Å². The smallest absolute Gasteiger partial charge is 0.353 e. The minimum Gasteiger partial charge on any atom is -0.422 e. The van der Waals surface area contributed by atoms with Crippen molar-refractivity contribution in [3.63, 3.8) is 0 Å². The lowest BCUT2D eigenvalue weighted by Gasteiger charge is -2.06. The van der Waals surface area contributed by atoms with Gasteiger partial charge in [0.15, 0.2) is 0 Å². The second-order valence-electron chi connectivity index (χ2n) is 6.56. The molecule has 10 nitrogen and oxygen atoms in total. The Labute approximate surface area is 181 Å². The highest BCUT2D eigenvalue weighted by Gasteiger charge is 2.22. The standard InChI is InChI=1S/C20H19N5O5S/c1-12(15-6-8-16(9-7-15)30-20(27)17-5-4-10-31-17)21-22-18(26)11-24-14(3)19(25(28)29)13(2)23-24/h4-10H,11H2,1-3H3,(H,22,26)/b21-12-. The summed E-state index contributed by atoms with van der Waals surface area (Å²) in [4.78, 5) is 35.2. The number of nitrogens with one attached hydrogen (secondary N) is 1. The maximum absolute atomic E-state index is 12.2. The SMILES string of the molecule is C/C(=N/NC(=O)Cn1nc(C)c([N+](=O)[O-])c1C)c1ccc(OC(=O)c2cccs2)cc1. The van der Waals surface area contributed by atoms with Crippen molar-refractivity contribution in [2.45, 2.75) is 27.3 Å². The van der Waals surface area contributed by atoms with Gasteiger partial charge in [-0.1, -0.05) is 6.07 Å². The summed E-state index contributed by atoms with van der Waals surface area (Å²) < 4.78 is 6.57. The monoisotopic (exact) mass is 441 g/mol. The lowest BCUT2D eigenvalue weighted by molar-refractivity contribution is -0.386. The number of hydrogen-bond acceptors (Lipinski definition) is 8. The fourth-order valence-corrected chi connectivity index (χ4v) is 3.40. The molecule has 2 aromatic heterocycles. The largest absolute Gasteiger partial charge is 0.422 e. The van der Waals surface area contributed by atoms with Gasteiger partial charge in [-0.05, 0) is 62.0 Å². The number of carbonyl (C=O) groups excluding carboxylic acids is 2. The quantitative estimate of drug-likeness (QED) is 0.197. The number of carbonyl (C=O) groups is 2. The average Bonchev–Trinajstić information content (AvgIpc) is 3.35. The fraction of sp³-hybridized carbons (Fsp3) is 0.200. The number of nitrogens with zero attached hydrogens (tertiary/aromatic N) is 4. The van der Waals surface area contributed by atoms with Crippen LogP contribution in [-0.4, -0.2) is 32.3 Å². The Morgan fingerprint density at radius 2 is 1.97 bits per heavy atom. The molecule has 1 aromatic carbocycles. The van der Waals surface area contributed by atoms with E-state index < -0.39 is 16.8 Å². The Morgan fingerprint density at radius 3 is 2.55 bits per heavy atom. The normalized spacial score (nSPS) is 11.3. The van der Waals surface area contributed by atoms with Gasteiger partial charge in [-0.3, -0.25) is 19.6 Å². The number of nitro groups is 1. The van der Waals surface area contributed by atoms with E-state index in [0.29, 0.717) is 22.0 Å². The van der Waals surface area contributed by atoms with Gasteiger partial charge in [-0.2, -0.15) is 10.2 Å². The minimum atomic E-state index is -0.518. The highest BCUT2D eigenvalue weighted by Crippen LogP contribution is 2.21. The van der Waals surface area contributed by atoms with Crippen molar-refractivity contribution in [1.82, 2.24) is 15.2 Å². The summed E-state index contributed by atoms with van der Waals surface area (Å²) in [6, 6.07) is 10.2. The van der Waals surface area contributed by atoms with Crippen LogP contribution in [0.15, 0.2) is 46.9 Å². The van der Waals surface area contributed by atoms with Crippen LogP contribution in [0.3, 0.4) is 0 Å². The van der Waals surface area contributed by atoms with Gasteiger partial charge in [-0.25, -0.2) is 10.2 Å². The number of ether oxygens (including phenoxy) is 1. The highest BCUT2D eigenvalue weighted by atomic mass is 32.1. The summed E-state index contributed by atoms with van der Waals surface area (Å²) in [5.74, 6) is -0.503. The molecule has 160 valence electrons. The van der Waals surface area contributed by atoms with Gasteiger partial charge < -0.3 is 4.74 Å². The molecule has 0 atom stereocenters. The van der Waals surface area contributed by atoms with E-state index in [4.69, 9.17) is 4.74 Å². The van der Waals surface area contributed by atoms with Crippen LogP contribution in [-0.2, 0) is 11.3 Å². The summed E-state index contributed by atoms with van der Waals surface area (Å²) in [5.41, 5.74) is 4.10. The molecule has 3 aromatic rings. The van der Waals surface area contributed by atoms with Crippen LogP contribution in [0, 0.1) is 24.0 Å². The van der Waals surface area contributed by atoms with Gasteiger partial charge in [0, 0.05) is 0 Å². The van der Waals surface area contributed by atoms with Crippen molar-refractivity contribution in [1.29, 1.82) is 0 Å². The molecule has 1 N–H and O–H groups in total. The zero-order valence-corrected chi connectivity index (χ0v) is 17.8. The minimum absolute atomic E-state index is 0.104. The van der Waals surface area contributed by atoms with E-state index in [1.54, 1.807) is 48.7 Å². The molecule has 0 aliphatic heterocycles. The van der Waals surface area contributed by atoms with E-state index in [-0.39, 0.29) is 17.9 Å². The molecule has 0 spiro atoms. The number of esters is 1. The topological polar surface area (TPSA) is 129 Å². The maximum Gasteiger partial charge on any atom is 0.353 e. The molecule has 0 aliphatic rings. The fourth-order valence-electron chi connectivity index (χ4n) is 2.80. The van der Waals surface area contributed by atoms with Crippen LogP contribution in [0.4, 0.5) is 5.69 Å². The van der Waals surface area contributed by atoms with E-state index in [1.807, 2.05) is 0 Å². The van der Waals surface area contributed by atoms with Crippen LogP contribution < -0.4 is 10.2 Å². The van der Waals surface area contributed by atoms with E-state index in [0.717, 1.165) is 5.56 Å². The number of aromatic nitrogens is 2. The molecule has 0 bridgehead atoms. The molecular formula is C20H19N5O5S. The first-order chi connectivity index (χ1) is 14.8. The van der Waals surface area contributed by atoms with Gasteiger partial charge in [0.05, 0.1) is 10.6 Å². The maximum atomic E-state index is 12.2. The molecule has 1 amide bonds. The highest BCUT2D eigenvalue weighted by molar-refractivity contribution is 7.12. The Bertz CT molecular complexity index is 1150. The van der Waals surface area contributed by atoms with Crippen molar-refractivity contribution in [3.05, 3.63) is 73.7 Å². The molecule has 0 unspecified atom stereocenters. The third kappa shape index (κ3) is 5.20. The molecule has 31 heavy (non-hydrogen) atoms. The van der Waals surface area contributed by atoms with E-state index in [9.17, 15) is 19.7 Å². The average molecular weight is 441 g/mol. The van der Waals surface area contributed by atoms with Gasteiger partial charge >= 0.3 is 11.7 Å². The number of thiophene rings is 1. The zero-order valence-electron chi connectivity index (χ0n) is 17.0. The number of benzene rings is 1. The molecule has 0 saturated carbocycles. The van der Waals surface area contributed by atoms with Crippen molar-refractivity contribution < 1.29 is 19.2 Å². The molecule has 2 heterocycles. The van der Waals surface area contributed by atoms with Gasteiger partial charge in [0.25, 0.3) is 5.91 Å². The summed E-state index contributed by atoms with van der Waals surface area (Å²) in [7, 11) is 0. The molecule has 0 aliphatic carbocycles. The lowest BCUT2D eigenvalue weighted by atomic mass is 10.1. The molecule has 0 saturated heterocycles. The van der Waals surface area contributed by atoms with Crippen LogP contribution >= 0.6 is 11.3 Å². The predicted octanol–water partition coefficient (Wildman–Crippen LogP) is 3.23. The Morgan fingerprint density at radius 1 is 1.26 bits per heavy atom. The molecular weight excluding hydrogens is 422 g/mol. The van der Waals surface area contributed by atoms with E-state index in [1.165, 1.54) is 29.9 Å². The number of aryl methyl sites for hydroxylation is 1. The second-order valence-corrected chi connectivity index (χ2v) is 7.51. The summed E-state index contributed by atoms with van der Waals surface area (Å²) in [6.45, 7) is 4.56. The lowest BCUT2D eigenvalue weighted by Crippen LogP contribution is -2.25. The predicted molar refractivity (Wildman–Crippen MR) is 114 cm³/mol. The van der Waals surface area contributed by atoms with Crippen LogP contribution in [0.1, 0.15) is 33.5 Å². The van der Waals surface area contributed by atoms with Crippen molar-refractivity contribution in [3.8, 4) is 5.75 Å². The first kappa shape index (κ1) is 21.8. The third-order valence-electron chi connectivity index (χ3n) is 4.37. The van der Waals surface area contributed by atoms with Crippen LogP contribution in [0.25, 0.3) is 0 Å². The first-order valence-electron chi connectivity index (χ1n) is 9.14. The molecule has 3 rings (SSSR count). The zero-order chi connectivity index (χ0) is 22.5. The summed E-state index contributed by atoms with van der Waals surface area (Å²) >= 11 is 1.30. The Balaban J connectivity index is 1.60.